The molecule has 3 amide bonds. The van der Waals surface area contributed by atoms with Crippen LogP contribution in [0.4, 0.5) is 11.4 Å². The van der Waals surface area contributed by atoms with Gasteiger partial charge in [0.2, 0.25) is 11.8 Å². The number of aromatic nitrogens is 1. The van der Waals surface area contributed by atoms with E-state index in [1.165, 1.54) is 12.4 Å². The molecule has 7 heteroatoms. The van der Waals surface area contributed by atoms with Crippen LogP contribution >= 0.6 is 0 Å². The molecular formula is C27H26N4O3. The second kappa shape index (κ2) is 9.47. The average Bonchev–Trinajstić information content (AvgIpc) is 3.33. The van der Waals surface area contributed by atoms with E-state index < -0.39 is 0 Å². The lowest BCUT2D eigenvalue weighted by Crippen LogP contribution is -2.48. The molecule has 2 aliphatic rings. The molecule has 2 aromatic carbocycles. The van der Waals surface area contributed by atoms with Gasteiger partial charge in [0.1, 0.15) is 0 Å². The lowest BCUT2D eigenvalue weighted by molar-refractivity contribution is -0.123. The number of fused-ring (bicyclic) bond motifs is 2. The van der Waals surface area contributed by atoms with Crippen molar-refractivity contribution in [1.29, 1.82) is 0 Å². The Bertz CT molecular complexity index is 1200. The predicted molar refractivity (Wildman–Crippen MR) is 129 cm³/mol. The third-order valence-electron chi connectivity index (χ3n) is 6.62. The molecule has 0 saturated heterocycles. The number of rotatable bonds is 5. The zero-order valence-electron chi connectivity index (χ0n) is 18.8. The van der Waals surface area contributed by atoms with E-state index in [-0.39, 0.29) is 36.2 Å². The molecule has 5 rings (SSSR count). The van der Waals surface area contributed by atoms with Crippen LogP contribution in [0.15, 0.2) is 79.1 Å². The van der Waals surface area contributed by atoms with Gasteiger partial charge in [-0.2, -0.15) is 0 Å². The van der Waals surface area contributed by atoms with Crippen LogP contribution in [0.5, 0.6) is 0 Å². The second-order valence-corrected chi connectivity index (χ2v) is 8.69. The van der Waals surface area contributed by atoms with E-state index in [9.17, 15) is 14.4 Å². The molecule has 172 valence electrons. The summed E-state index contributed by atoms with van der Waals surface area (Å²) in [4.78, 5) is 47.3. The van der Waals surface area contributed by atoms with E-state index in [1.807, 2.05) is 59.5 Å². The van der Waals surface area contributed by atoms with Gasteiger partial charge in [-0.05, 0) is 42.7 Å². The SMILES string of the molecule is O=C(NCC(=O)N1c2ccccc2N(Cc2ccccc2)C(=O)[C@H]2CCC[C@H]21)c1ccncc1. The van der Waals surface area contributed by atoms with Crippen molar-refractivity contribution in [3.63, 3.8) is 0 Å². The highest BCUT2D eigenvalue weighted by Crippen LogP contribution is 2.43. The van der Waals surface area contributed by atoms with Crippen LogP contribution in [0.1, 0.15) is 35.2 Å². The van der Waals surface area contributed by atoms with Crippen molar-refractivity contribution >= 4 is 29.1 Å². The summed E-state index contributed by atoms with van der Waals surface area (Å²) in [7, 11) is 0. The van der Waals surface area contributed by atoms with Gasteiger partial charge in [-0.15, -0.1) is 0 Å². The molecule has 0 radical (unpaired) electrons. The summed E-state index contributed by atoms with van der Waals surface area (Å²) in [6.07, 6.45) is 5.47. The number of benzene rings is 2. The van der Waals surface area contributed by atoms with E-state index in [4.69, 9.17) is 0 Å². The molecule has 0 bridgehead atoms. The van der Waals surface area contributed by atoms with Gasteiger partial charge in [0, 0.05) is 24.0 Å². The standard InChI is InChI=1S/C27H26N4O3/c32-25(17-29-26(33)20-13-15-28-16-14-20)31-22-12-6-9-21(22)27(34)30(18-19-7-2-1-3-8-19)23-10-4-5-11-24(23)31/h1-5,7-8,10-11,13-16,21-22H,6,9,12,17-18H2,(H,29,33)/t21-,22+/m0/s1. The fraction of sp³-hybridized carbons (Fsp3) is 0.259. The first-order valence-corrected chi connectivity index (χ1v) is 11.6. The largest absolute Gasteiger partial charge is 0.343 e. The molecule has 7 nitrogen and oxygen atoms in total. The summed E-state index contributed by atoms with van der Waals surface area (Å²) < 4.78 is 0. The number of anilines is 2. The first-order valence-electron chi connectivity index (χ1n) is 11.6. The summed E-state index contributed by atoms with van der Waals surface area (Å²) in [5, 5.41) is 2.73. The molecular weight excluding hydrogens is 428 g/mol. The van der Waals surface area contributed by atoms with Gasteiger partial charge >= 0.3 is 0 Å². The number of amides is 3. The van der Waals surface area contributed by atoms with Gasteiger partial charge in [-0.1, -0.05) is 48.9 Å². The van der Waals surface area contributed by atoms with Crippen LogP contribution < -0.4 is 15.1 Å². The van der Waals surface area contributed by atoms with E-state index in [1.54, 1.807) is 17.0 Å². The van der Waals surface area contributed by atoms with Crippen molar-refractivity contribution < 1.29 is 14.4 Å². The number of carbonyl (C=O) groups excluding carboxylic acids is 3. The molecule has 1 saturated carbocycles. The van der Waals surface area contributed by atoms with Crippen molar-refractivity contribution in [1.82, 2.24) is 10.3 Å². The van der Waals surface area contributed by atoms with Crippen LogP contribution in [0.2, 0.25) is 0 Å². The number of hydrogen-bond donors (Lipinski definition) is 1. The summed E-state index contributed by atoms with van der Waals surface area (Å²) >= 11 is 0. The third kappa shape index (κ3) is 4.17. The van der Waals surface area contributed by atoms with Crippen LogP contribution in [0.3, 0.4) is 0 Å². The molecule has 1 fully saturated rings. The maximum atomic E-state index is 13.7. The molecule has 34 heavy (non-hydrogen) atoms. The predicted octanol–water partition coefficient (Wildman–Crippen LogP) is 3.56. The third-order valence-corrected chi connectivity index (χ3v) is 6.62. The Balaban J connectivity index is 1.46. The van der Waals surface area contributed by atoms with Gasteiger partial charge in [0.25, 0.3) is 5.91 Å². The van der Waals surface area contributed by atoms with Crippen molar-refractivity contribution in [2.24, 2.45) is 5.92 Å². The van der Waals surface area contributed by atoms with Gasteiger partial charge in [0.15, 0.2) is 0 Å². The van der Waals surface area contributed by atoms with Crippen molar-refractivity contribution in [2.75, 3.05) is 16.3 Å². The Morgan fingerprint density at radius 2 is 1.62 bits per heavy atom. The Morgan fingerprint density at radius 3 is 2.38 bits per heavy atom. The van der Waals surface area contributed by atoms with Gasteiger partial charge in [-0.3, -0.25) is 19.4 Å². The summed E-state index contributed by atoms with van der Waals surface area (Å²) in [5.74, 6) is -0.768. The van der Waals surface area contributed by atoms with Gasteiger partial charge in [0.05, 0.1) is 30.4 Å². The fourth-order valence-electron chi connectivity index (χ4n) is 5.03. The average molecular weight is 455 g/mol. The first-order chi connectivity index (χ1) is 16.6. The molecule has 1 aromatic heterocycles. The molecule has 0 unspecified atom stereocenters. The van der Waals surface area contributed by atoms with Crippen molar-refractivity contribution in [3.05, 3.63) is 90.3 Å². The summed E-state index contributed by atoms with van der Waals surface area (Å²) in [5.41, 5.74) is 2.91. The normalized spacial score (nSPS) is 19.2. The van der Waals surface area contributed by atoms with Crippen LogP contribution in [0, 0.1) is 5.92 Å². The molecule has 1 aliphatic carbocycles. The number of nitrogens with one attached hydrogen (secondary N) is 1. The Labute approximate surface area is 198 Å². The molecule has 2 heterocycles. The van der Waals surface area contributed by atoms with Crippen molar-refractivity contribution in [2.45, 2.75) is 31.8 Å². The number of hydrogen-bond acceptors (Lipinski definition) is 4. The fourth-order valence-corrected chi connectivity index (χ4v) is 5.03. The van der Waals surface area contributed by atoms with E-state index in [0.29, 0.717) is 17.8 Å². The van der Waals surface area contributed by atoms with Gasteiger partial charge in [-0.25, -0.2) is 0 Å². The van der Waals surface area contributed by atoms with Crippen LogP contribution in [0.25, 0.3) is 0 Å². The Kier molecular flexibility index (Phi) is 6.08. The number of pyridine rings is 1. The quantitative estimate of drug-likeness (QED) is 0.639. The zero-order valence-corrected chi connectivity index (χ0v) is 18.8. The van der Waals surface area contributed by atoms with Crippen LogP contribution in [-0.2, 0) is 16.1 Å². The summed E-state index contributed by atoms with van der Waals surface area (Å²) in [6, 6.07) is 20.4. The highest BCUT2D eigenvalue weighted by Gasteiger charge is 2.45. The zero-order chi connectivity index (χ0) is 23.5. The molecule has 3 aromatic rings. The minimum atomic E-state index is -0.330. The Morgan fingerprint density at radius 1 is 0.912 bits per heavy atom. The monoisotopic (exact) mass is 454 g/mol. The molecule has 1 aliphatic heterocycles. The van der Waals surface area contributed by atoms with Crippen molar-refractivity contribution in [3.8, 4) is 0 Å². The maximum Gasteiger partial charge on any atom is 0.251 e. The lowest BCUT2D eigenvalue weighted by Gasteiger charge is -2.30. The second-order valence-electron chi connectivity index (χ2n) is 8.69. The molecule has 2 atom stereocenters. The smallest absolute Gasteiger partial charge is 0.251 e. The minimum Gasteiger partial charge on any atom is -0.343 e. The number of carbonyl (C=O) groups is 3. The van der Waals surface area contributed by atoms with Gasteiger partial charge < -0.3 is 15.1 Å². The highest BCUT2D eigenvalue weighted by molar-refractivity contribution is 6.08. The highest BCUT2D eigenvalue weighted by atomic mass is 16.2. The van der Waals surface area contributed by atoms with E-state index in [0.717, 1.165) is 30.5 Å². The number of para-hydroxylation sites is 2. The first kappa shape index (κ1) is 21.8. The van der Waals surface area contributed by atoms with E-state index in [2.05, 4.69) is 10.3 Å². The van der Waals surface area contributed by atoms with E-state index >= 15 is 0 Å². The topological polar surface area (TPSA) is 82.6 Å². The number of nitrogens with zero attached hydrogens (tertiary/aromatic N) is 3. The minimum absolute atomic E-state index is 0.0509. The maximum absolute atomic E-state index is 13.7. The molecule has 1 N–H and O–H groups in total. The van der Waals surface area contributed by atoms with Crippen LogP contribution in [-0.4, -0.2) is 35.3 Å². The Hall–Kier alpha value is -4.00. The molecule has 0 spiro atoms. The lowest BCUT2D eigenvalue weighted by atomic mass is 10.0. The summed E-state index contributed by atoms with van der Waals surface area (Å²) in [6.45, 7) is 0.298.